The van der Waals surface area contributed by atoms with Gasteiger partial charge in [-0.15, -0.1) is 0 Å². The van der Waals surface area contributed by atoms with Gasteiger partial charge in [-0.2, -0.15) is 0 Å². The van der Waals surface area contributed by atoms with Crippen LogP contribution in [0.15, 0.2) is 134 Å². The Balaban J connectivity index is 1.44. The average Bonchev–Trinajstić information content (AvgIpc) is 3.56. The van der Waals surface area contributed by atoms with Gasteiger partial charge in [0.25, 0.3) is 0 Å². The van der Waals surface area contributed by atoms with E-state index in [1.807, 2.05) is 30.5 Å². The van der Waals surface area contributed by atoms with Crippen molar-refractivity contribution in [1.82, 2.24) is 19.1 Å². The maximum atomic E-state index is 5.05. The molecule has 8 aromatic rings. The zero-order chi connectivity index (χ0) is 25.1. The first kappa shape index (κ1) is 20.9. The largest absolute Gasteiger partial charge is 0.317 e. The van der Waals surface area contributed by atoms with Gasteiger partial charge in [-0.1, -0.05) is 78.9 Å². The number of hydrogen-bond donors (Lipinski definition) is 0. The van der Waals surface area contributed by atoms with Gasteiger partial charge in [0.1, 0.15) is 5.82 Å². The molecular formula is C34H22N4. The molecule has 4 nitrogen and oxygen atoms in total. The number of aromatic nitrogens is 4. The highest BCUT2D eigenvalue weighted by atomic mass is 15.1. The van der Waals surface area contributed by atoms with E-state index in [0.29, 0.717) is 0 Å². The fourth-order valence-electron chi connectivity index (χ4n) is 5.67. The zero-order valence-corrected chi connectivity index (χ0v) is 20.5. The average molecular weight is 487 g/mol. The lowest BCUT2D eigenvalue weighted by Crippen LogP contribution is -2.00. The van der Waals surface area contributed by atoms with E-state index < -0.39 is 0 Å². The SMILES string of the molecule is c1ccc(-c2nccc(-n3c4ccccc4c4ccc5cc6c(ccn6-c6ccccc6)cc5c43)n2)cc1. The normalized spacial score (nSPS) is 11.7. The van der Waals surface area contributed by atoms with E-state index in [1.165, 1.54) is 32.4 Å². The summed E-state index contributed by atoms with van der Waals surface area (Å²) in [6.07, 6.45) is 4.01. The Bertz CT molecular complexity index is 2120. The first-order valence-corrected chi connectivity index (χ1v) is 12.8. The summed E-state index contributed by atoms with van der Waals surface area (Å²) in [6, 6.07) is 42.5. The minimum absolute atomic E-state index is 0.719. The lowest BCUT2D eigenvalue weighted by Gasteiger charge is -2.11. The Morgan fingerprint density at radius 1 is 0.553 bits per heavy atom. The lowest BCUT2D eigenvalue weighted by molar-refractivity contribution is 1.05. The van der Waals surface area contributed by atoms with E-state index in [4.69, 9.17) is 4.98 Å². The second kappa shape index (κ2) is 8.15. The second-order valence-electron chi connectivity index (χ2n) is 9.57. The van der Waals surface area contributed by atoms with E-state index in [2.05, 4.69) is 117 Å². The highest BCUT2D eigenvalue weighted by Gasteiger charge is 2.17. The first-order chi connectivity index (χ1) is 18.8. The van der Waals surface area contributed by atoms with Crippen molar-refractivity contribution in [1.29, 1.82) is 0 Å². The summed E-state index contributed by atoms with van der Waals surface area (Å²) in [6.45, 7) is 0. The molecule has 0 bridgehead atoms. The van der Waals surface area contributed by atoms with E-state index in [9.17, 15) is 0 Å². The topological polar surface area (TPSA) is 35.6 Å². The highest BCUT2D eigenvalue weighted by molar-refractivity contribution is 6.20. The minimum atomic E-state index is 0.719. The molecular weight excluding hydrogens is 464 g/mol. The number of para-hydroxylation sites is 2. The van der Waals surface area contributed by atoms with Gasteiger partial charge in [0.2, 0.25) is 0 Å². The van der Waals surface area contributed by atoms with Crippen molar-refractivity contribution >= 4 is 43.5 Å². The Kier molecular flexibility index (Phi) is 4.49. The number of hydrogen-bond acceptors (Lipinski definition) is 2. The van der Waals surface area contributed by atoms with Crippen molar-refractivity contribution in [3.63, 3.8) is 0 Å². The monoisotopic (exact) mass is 486 g/mol. The molecule has 38 heavy (non-hydrogen) atoms. The Labute approximate surface area is 219 Å². The number of fused-ring (bicyclic) bond motifs is 6. The lowest BCUT2D eigenvalue weighted by atomic mass is 10.0. The molecule has 0 unspecified atom stereocenters. The summed E-state index contributed by atoms with van der Waals surface area (Å²) < 4.78 is 4.55. The zero-order valence-electron chi connectivity index (χ0n) is 20.5. The van der Waals surface area contributed by atoms with E-state index >= 15 is 0 Å². The summed E-state index contributed by atoms with van der Waals surface area (Å²) in [4.78, 5) is 9.63. The maximum Gasteiger partial charge on any atom is 0.161 e. The van der Waals surface area contributed by atoms with Gasteiger partial charge in [0.15, 0.2) is 5.82 Å². The molecule has 0 radical (unpaired) electrons. The highest BCUT2D eigenvalue weighted by Crippen LogP contribution is 2.38. The summed E-state index contributed by atoms with van der Waals surface area (Å²) in [5, 5.41) is 6.04. The van der Waals surface area contributed by atoms with Crippen molar-refractivity contribution in [2.24, 2.45) is 0 Å². The van der Waals surface area contributed by atoms with Gasteiger partial charge < -0.3 is 4.57 Å². The van der Waals surface area contributed by atoms with E-state index in [0.717, 1.165) is 33.9 Å². The first-order valence-electron chi connectivity index (χ1n) is 12.8. The van der Waals surface area contributed by atoms with Crippen molar-refractivity contribution < 1.29 is 0 Å². The molecule has 4 heteroatoms. The van der Waals surface area contributed by atoms with Crippen LogP contribution in [0.5, 0.6) is 0 Å². The van der Waals surface area contributed by atoms with Crippen molar-refractivity contribution in [2.75, 3.05) is 0 Å². The van der Waals surface area contributed by atoms with E-state index in [1.54, 1.807) is 0 Å². The molecule has 0 saturated heterocycles. The van der Waals surface area contributed by atoms with Gasteiger partial charge in [-0.25, -0.2) is 9.97 Å². The summed E-state index contributed by atoms with van der Waals surface area (Å²) in [7, 11) is 0. The molecule has 5 aromatic carbocycles. The van der Waals surface area contributed by atoms with Crippen LogP contribution in [0, 0.1) is 0 Å². The van der Waals surface area contributed by atoms with Crippen molar-refractivity contribution in [3.05, 3.63) is 134 Å². The van der Waals surface area contributed by atoms with Crippen molar-refractivity contribution in [2.45, 2.75) is 0 Å². The van der Waals surface area contributed by atoms with Crippen LogP contribution in [0.1, 0.15) is 0 Å². The van der Waals surface area contributed by atoms with Crippen LogP contribution in [0.3, 0.4) is 0 Å². The molecule has 178 valence electrons. The fourth-order valence-corrected chi connectivity index (χ4v) is 5.67. The minimum Gasteiger partial charge on any atom is -0.317 e. The maximum absolute atomic E-state index is 5.05. The van der Waals surface area contributed by atoms with Gasteiger partial charge in [0.05, 0.1) is 16.6 Å². The third-order valence-corrected chi connectivity index (χ3v) is 7.40. The van der Waals surface area contributed by atoms with Crippen LogP contribution in [0.25, 0.3) is 66.4 Å². The Hall–Kier alpha value is -5.22. The fraction of sp³-hybridized carbons (Fsp3) is 0. The van der Waals surface area contributed by atoms with Gasteiger partial charge in [-0.3, -0.25) is 4.57 Å². The molecule has 0 aliphatic carbocycles. The smallest absolute Gasteiger partial charge is 0.161 e. The van der Waals surface area contributed by atoms with Gasteiger partial charge in [-0.05, 0) is 47.9 Å². The molecule has 8 rings (SSSR count). The molecule has 0 N–H and O–H groups in total. The molecule has 3 aromatic heterocycles. The number of nitrogens with zero attached hydrogens (tertiary/aromatic N) is 4. The van der Waals surface area contributed by atoms with Gasteiger partial charge >= 0.3 is 0 Å². The molecule has 0 aliphatic rings. The number of benzene rings is 5. The van der Waals surface area contributed by atoms with Crippen molar-refractivity contribution in [3.8, 4) is 22.9 Å². The van der Waals surface area contributed by atoms with Crippen LogP contribution in [0.4, 0.5) is 0 Å². The molecule has 0 spiro atoms. The molecule has 0 amide bonds. The van der Waals surface area contributed by atoms with Crippen LogP contribution >= 0.6 is 0 Å². The predicted octanol–water partition coefficient (Wildman–Crippen LogP) is 8.34. The third kappa shape index (κ3) is 3.10. The standard InChI is InChI=1S/C34H22N4/c1-3-9-23(10-4-1)34-35-19-17-32(36-34)38-30-14-8-7-13-27(30)28-16-15-24-22-31-25(21-29(24)33(28)38)18-20-37(31)26-11-5-2-6-12-26/h1-22H. The molecule has 0 saturated carbocycles. The van der Waals surface area contributed by atoms with Crippen LogP contribution < -0.4 is 0 Å². The molecule has 3 heterocycles. The summed E-state index contributed by atoms with van der Waals surface area (Å²) in [5.41, 5.74) is 5.65. The second-order valence-corrected chi connectivity index (χ2v) is 9.57. The molecule has 0 aliphatic heterocycles. The Morgan fingerprint density at radius 3 is 2.21 bits per heavy atom. The summed E-state index contributed by atoms with van der Waals surface area (Å²) in [5.74, 6) is 1.58. The predicted molar refractivity (Wildman–Crippen MR) is 156 cm³/mol. The quantitative estimate of drug-likeness (QED) is 0.252. The summed E-state index contributed by atoms with van der Waals surface area (Å²) >= 11 is 0. The van der Waals surface area contributed by atoms with Crippen LogP contribution in [-0.2, 0) is 0 Å². The van der Waals surface area contributed by atoms with Crippen LogP contribution in [-0.4, -0.2) is 19.1 Å². The van der Waals surface area contributed by atoms with Crippen LogP contribution in [0.2, 0.25) is 0 Å². The van der Waals surface area contributed by atoms with Gasteiger partial charge in [0, 0.05) is 45.2 Å². The molecule has 0 atom stereocenters. The third-order valence-electron chi connectivity index (χ3n) is 7.40. The van der Waals surface area contributed by atoms with E-state index in [-0.39, 0.29) is 0 Å². The molecule has 0 fully saturated rings. The Morgan fingerprint density at radius 2 is 1.34 bits per heavy atom. The number of rotatable bonds is 3.